The minimum atomic E-state index is -2.81. The Balaban J connectivity index is 2.06. The standard InChI is InChI=1S/C13H18N2O2S2/c1-9-8-10(13(14)18)2-3-12(9)15-11-4-6-19(16,17)7-5-11/h2-3,8,11,15H,4-7H2,1H3,(H2,14,18). The molecule has 104 valence electrons. The number of benzene rings is 1. The van der Waals surface area contributed by atoms with Crippen molar-refractivity contribution in [3.63, 3.8) is 0 Å². The summed E-state index contributed by atoms with van der Waals surface area (Å²) in [7, 11) is -2.81. The Hall–Kier alpha value is -1.14. The van der Waals surface area contributed by atoms with E-state index in [-0.39, 0.29) is 17.5 Å². The summed E-state index contributed by atoms with van der Waals surface area (Å²) in [4.78, 5) is 0.387. The van der Waals surface area contributed by atoms with Crippen LogP contribution in [-0.2, 0) is 9.84 Å². The maximum absolute atomic E-state index is 11.4. The number of sulfone groups is 1. The minimum Gasteiger partial charge on any atom is -0.389 e. The highest BCUT2D eigenvalue weighted by atomic mass is 32.2. The Kier molecular flexibility index (Phi) is 4.10. The Morgan fingerprint density at radius 2 is 2.00 bits per heavy atom. The van der Waals surface area contributed by atoms with Gasteiger partial charge in [0, 0.05) is 17.3 Å². The van der Waals surface area contributed by atoms with Gasteiger partial charge in [0.05, 0.1) is 11.5 Å². The summed E-state index contributed by atoms with van der Waals surface area (Å²) in [6.45, 7) is 1.99. The smallest absolute Gasteiger partial charge is 0.150 e. The quantitative estimate of drug-likeness (QED) is 0.830. The van der Waals surface area contributed by atoms with Crippen molar-refractivity contribution in [3.8, 4) is 0 Å². The van der Waals surface area contributed by atoms with E-state index in [2.05, 4.69) is 5.32 Å². The maximum atomic E-state index is 11.4. The van der Waals surface area contributed by atoms with Crippen LogP contribution in [0.15, 0.2) is 18.2 Å². The second-order valence-electron chi connectivity index (χ2n) is 4.96. The Morgan fingerprint density at radius 1 is 1.37 bits per heavy atom. The van der Waals surface area contributed by atoms with Crippen LogP contribution >= 0.6 is 12.2 Å². The molecule has 1 aromatic carbocycles. The normalized spacial score (nSPS) is 19.0. The second kappa shape index (κ2) is 5.46. The monoisotopic (exact) mass is 298 g/mol. The zero-order valence-electron chi connectivity index (χ0n) is 10.8. The van der Waals surface area contributed by atoms with Crippen molar-refractivity contribution < 1.29 is 8.42 Å². The first-order valence-corrected chi connectivity index (χ1v) is 8.48. The SMILES string of the molecule is Cc1cc(C(N)=S)ccc1NC1CCS(=O)(=O)CC1. The summed E-state index contributed by atoms with van der Waals surface area (Å²) in [5.41, 5.74) is 8.53. The van der Waals surface area contributed by atoms with Crippen LogP contribution in [0.25, 0.3) is 0 Å². The third kappa shape index (κ3) is 3.67. The molecule has 0 aromatic heterocycles. The van der Waals surface area contributed by atoms with E-state index in [1.165, 1.54) is 0 Å². The van der Waals surface area contributed by atoms with E-state index in [1.54, 1.807) is 0 Å². The fraction of sp³-hybridized carbons (Fsp3) is 0.462. The summed E-state index contributed by atoms with van der Waals surface area (Å²) in [6.07, 6.45) is 1.33. The number of hydrogen-bond donors (Lipinski definition) is 2. The number of nitrogens with two attached hydrogens (primary N) is 1. The number of hydrogen-bond acceptors (Lipinski definition) is 4. The van der Waals surface area contributed by atoms with Crippen LogP contribution in [0.3, 0.4) is 0 Å². The molecule has 0 spiro atoms. The lowest BCUT2D eigenvalue weighted by Crippen LogP contribution is -2.32. The lowest BCUT2D eigenvalue weighted by molar-refractivity contribution is 0.559. The van der Waals surface area contributed by atoms with Crippen molar-refractivity contribution in [1.29, 1.82) is 0 Å². The summed E-state index contributed by atoms with van der Waals surface area (Å²) >= 11 is 4.94. The maximum Gasteiger partial charge on any atom is 0.150 e. The van der Waals surface area contributed by atoms with Gasteiger partial charge in [-0.15, -0.1) is 0 Å². The van der Waals surface area contributed by atoms with Crippen LogP contribution in [0.4, 0.5) is 5.69 Å². The molecule has 0 aliphatic carbocycles. The van der Waals surface area contributed by atoms with Gasteiger partial charge in [-0.2, -0.15) is 0 Å². The lowest BCUT2D eigenvalue weighted by atomic mass is 10.1. The van der Waals surface area contributed by atoms with Gasteiger partial charge in [0.25, 0.3) is 0 Å². The molecule has 0 bridgehead atoms. The molecule has 0 saturated carbocycles. The van der Waals surface area contributed by atoms with E-state index in [9.17, 15) is 8.42 Å². The molecule has 19 heavy (non-hydrogen) atoms. The van der Waals surface area contributed by atoms with Gasteiger partial charge in [-0.25, -0.2) is 8.42 Å². The molecule has 0 amide bonds. The molecule has 1 aromatic rings. The highest BCUT2D eigenvalue weighted by Crippen LogP contribution is 2.21. The fourth-order valence-electron chi connectivity index (χ4n) is 2.23. The Morgan fingerprint density at radius 3 is 2.53 bits per heavy atom. The molecule has 6 heteroatoms. The molecule has 2 rings (SSSR count). The third-order valence-corrected chi connectivity index (χ3v) is 5.38. The number of thiocarbonyl (C=S) groups is 1. The van der Waals surface area contributed by atoms with Gasteiger partial charge in [0.15, 0.2) is 0 Å². The van der Waals surface area contributed by atoms with E-state index in [1.807, 2.05) is 25.1 Å². The number of rotatable bonds is 3. The molecular formula is C13H18N2O2S2. The van der Waals surface area contributed by atoms with E-state index in [0.717, 1.165) is 16.8 Å². The fourth-order valence-corrected chi connectivity index (χ4v) is 3.85. The molecule has 1 heterocycles. The van der Waals surface area contributed by atoms with E-state index < -0.39 is 9.84 Å². The van der Waals surface area contributed by atoms with Gasteiger partial charge >= 0.3 is 0 Å². The first kappa shape index (κ1) is 14.3. The molecule has 4 nitrogen and oxygen atoms in total. The number of nitrogens with one attached hydrogen (secondary N) is 1. The predicted molar refractivity (Wildman–Crippen MR) is 82.4 cm³/mol. The summed E-state index contributed by atoms with van der Waals surface area (Å²) < 4.78 is 22.8. The lowest BCUT2D eigenvalue weighted by Gasteiger charge is -2.25. The Bertz CT molecular complexity index is 583. The van der Waals surface area contributed by atoms with Crippen LogP contribution in [0.1, 0.15) is 24.0 Å². The van der Waals surface area contributed by atoms with Crippen molar-refractivity contribution in [2.24, 2.45) is 5.73 Å². The molecule has 1 aliphatic rings. The van der Waals surface area contributed by atoms with Gasteiger partial charge in [-0.05, 0) is 43.5 Å². The zero-order valence-corrected chi connectivity index (χ0v) is 12.5. The summed E-state index contributed by atoms with van der Waals surface area (Å²) in [5, 5.41) is 3.40. The van der Waals surface area contributed by atoms with Gasteiger partial charge in [0.1, 0.15) is 14.8 Å². The predicted octanol–water partition coefficient (Wildman–Crippen LogP) is 1.62. The van der Waals surface area contributed by atoms with Crippen LogP contribution in [0, 0.1) is 6.92 Å². The summed E-state index contributed by atoms with van der Waals surface area (Å²) in [6, 6.07) is 6.01. The zero-order chi connectivity index (χ0) is 14.0. The average Bonchev–Trinajstić information content (AvgIpc) is 2.34. The Labute approximate surface area is 119 Å². The average molecular weight is 298 g/mol. The molecule has 0 unspecified atom stereocenters. The highest BCUT2D eigenvalue weighted by molar-refractivity contribution is 7.91. The van der Waals surface area contributed by atoms with Crippen molar-refractivity contribution in [1.82, 2.24) is 0 Å². The number of aryl methyl sites for hydroxylation is 1. The first-order valence-electron chi connectivity index (χ1n) is 6.25. The summed E-state index contributed by atoms with van der Waals surface area (Å²) in [5.74, 6) is 0.545. The van der Waals surface area contributed by atoms with Crippen LogP contribution in [0.2, 0.25) is 0 Å². The third-order valence-electron chi connectivity index (χ3n) is 3.43. The molecule has 1 aliphatic heterocycles. The van der Waals surface area contributed by atoms with Gasteiger partial charge < -0.3 is 11.1 Å². The molecular weight excluding hydrogens is 280 g/mol. The van der Waals surface area contributed by atoms with Gasteiger partial charge in [0.2, 0.25) is 0 Å². The van der Waals surface area contributed by atoms with E-state index in [4.69, 9.17) is 18.0 Å². The van der Waals surface area contributed by atoms with Crippen molar-refractivity contribution in [2.45, 2.75) is 25.8 Å². The molecule has 0 atom stereocenters. The number of anilines is 1. The van der Waals surface area contributed by atoms with Crippen molar-refractivity contribution in [2.75, 3.05) is 16.8 Å². The van der Waals surface area contributed by atoms with Crippen molar-refractivity contribution in [3.05, 3.63) is 29.3 Å². The second-order valence-corrected chi connectivity index (χ2v) is 7.71. The molecule has 0 radical (unpaired) electrons. The highest BCUT2D eigenvalue weighted by Gasteiger charge is 2.23. The van der Waals surface area contributed by atoms with Crippen molar-refractivity contribution >= 4 is 32.7 Å². The largest absolute Gasteiger partial charge is 0.389 e. The molecule has 1 fully saturated rings. The van der Waals surface area contributed by atoms with Gasteiger partial charge in [-0.3, -0.25) is 0 Å². The topological polar surface area (TPSA) is 72.2 Å². The molecule has 3 N–H and O–H groups in total. The first-order chi connectivity index (χ1) is 8.87. The molecule has 1 saturated heterocycles. The van der Waals surface area contributed by atoms with Crippen LogP contribution in [0.5, 0.6) is 0 Å². The van der Waals surface area contributed by atoms with E-state index >= 15 is 0 Å². The minimum absolute atomic E-state index is 0.220. The van der Waals surface area contributed by atoms with Gasteiger partial charge in [-0.1, -0.05) is 12.2 Å². The van der Waals surface area contributed by atoms with E-state index in [0.29, 0.717) is 17.8 Å². The van der Waals surface area contributed by atoms with Crippen LogP contribution < -0.4 is 11.1 Å². The van der Waals surface area contributed by atoms with Crippen LogP contribution in [-0.4, -0.2) is 31.0 Å².